The average Bonchev–Trinajstić information content (AvgIpc) is 2.40. The highest BCUT2D eigenvalue weighted by Gasteiger charge is 2.30. The summed E-state index contributed by atoms with van der Waals surface area (Å²) in [6, 6.07) is 4.81. The van der Waals surface area contributed by atoms with E-state index in [9.17, 15) is 13.2 Å². The van der Waals surface area contributed by atoms with Gasteiger partial charge in [-0.25, -0.2) is 0 Å². The van der Waals surface area contributed by atoms with Crippen molar-refractivity contribution in [3.63, 3.8) is 0 Å². The molecule has 0 amide bonds. The molecule has 0 saturated carbocycles. The molecule has 1 N–H and O–H groups in total. The zero-order valence-corrected chi connectivity index (χ0v) is 11.1. The van der Waals surface area contributed by atoms with Gasteiger partial charge in [0.05, 0.1) is 11.3 Å². The minimum absolute atomic E-state index is 0.0592. The van der Waals surface area contributed by atoms with Gasteiger partial charge in [-0.1, -0.05) is 0 Å². The Morgan fingerprint density at radius 2 is 1.95 bits per heavy atom. The van der Waals surface area contributed by atoms with Crippen molar-refractivity contribution in [1.29, 1.82) is 5.41 Å². The van der Waals surface area contributed by atoms with Crippen LogP contribution in [0.5, 0.6) is 0 Å². The summed E-state index contributed by atoms with van der Waals surface area (Å²) in [7, 11) is 1.98. The highest BCUT2D eigenvalue weighted by molar-refractivity contribution is 6.00. The fourth-order valence-corrected chi connectivity index (χ4v) is 2.20. The van der Waals surface area contributed by atoms with Crippen LogP contribution in [0.15, 0.2) is 29.3 Å². The SMILES string of the molecule is CN1CCC(=Nc2ccc(C(F)(F)F)cc2)C(C=N)C1. The summed E-state index contributed by atoms with van der Waals surface area (Å²) in [4.78, 5) is 6.51. The predicted molar refractivity (Wildman–Crippen MR) is 72.9 cm³/mol. The van der Waals surface area contributed by atoms with Gasteiger partial charge in [-0.3, -0.25) is 4.99 Å². The molecular formula is C14H16F3N3. The van der Waals surface area contributed by atoms with Gasteiger partial charge < -0.3 is 10.3 Å². The lowest BCUT2D eigenvalue weighted by Crippen LogP contribution is -2.39. The van der Waals surface area contributed by atoms with Crippen molar-refractivity contribution in [2.45, 2.75) is 12.6 Å². The number of aliphatic imine (C=N–C) groups is 1. The molecule has 1 atom stereocenters. The van der Waals surface area contributed by atoms with Crippen molar-refractivity contribution in [2.75, 3.05) is 20.1 Å². The number of likely N-dealkylation sites (tertiary alicyclic amines) is 1. The number of rotatable bonds is 2. The monoisotopic (exact) mass is 283 g/mol. The van der Waals surface area contributed by atoms with Crippen molar-refractivity contribution in [3.8, 4) is 0 Å². The first-order valence-electron chi connectivity index (χ1n) is 6.34. The highest BCUT2D eigenvalue weighted by Crippen LogP contribution is 2.30. The Hall–Kier alpha value is -1.69. The first-order chi connectivity index (χ1) is 9.40. The lowest BCUT2D eigenvalue weighted by atomic mass is 9.97. The number of nitrogens with one attached hydrogen (secondary N) is 1. The summed E-state index contributed by atoms with van der Waals surface area (Å²) in [5, 5.41) is 7.42. The summed E-state index contributed by atoms with van der Waals surface area (Å²) in [5.41, 5.74) is 0.690. The van der Waals surface area contributed by atoms with Gasteiger partial charge in [-0.2, -0.15) is 13.2 Å². The van der Waals surface area contributed by atoms with E-state index in [1.165, 1.54) is 18.3 Å². The van der Waals surface area contributed by atoms with E-state index >= 15 is 0 Å². The van der Waals surface area contributed by atoms with Crippen LogP contribution in [0, 0.1) is 11.3 Å². The summed E-state index contributed by atoms with van der Waals surface area (Å²) in [5.74, 6) is -0.0592. The van der Waals surface area contributed by atoms with E-state index in [2.05, 4.69) is 9.89 Å². The highest BCUT2D eigenvalue weighted by atomic mass is 19.4. The second-order valence-corrected chi connectivity index (χ2v) is 4.93. The predicted octanol–water partition coefficient (Wildman–Crippen LogP) is 3.38. The zero-order chi connectivity index (χ0) is 14.8. The molecule has 20 heavy (non-hydrogen) atoms. The molecule has 1 saturated heterocycles. The Kier molecular flexibility index (Phi) is 4.23. The zero-order valence-electron chi connectivity index (χ0n) is 11.1. The Morgan fingerprint density at radius 3 is 2.50 bits per heavy atom. The van der Waals surface area contributed by atoms with E-state index in [1.807, 2.05) is 7.05 Å². The molecule has 6 heteroatoms. The first-order valence-corrected chi connectivity index (χ1v) is 6.34. The Morgan fingerprint density at radius 1 is 1.30 bits per heavy atom. The molecule has 2 rings (SSSR count). The number of piperidine rings is 1. The van der Waals surface area contributed by atoms with Crippen LogP contribution in [0.1, 0.15) is 12.0 Å². The standard InChI is InChI=1S/C14H16F3N3/c1-20-7-6-13(10(8-18)9-20)19-12-4-2-11(3-5-12)14(15,16)17/h2-5,8,10,18H,6-7,9H2,1H3. The third-order valence-electron chi connectivity index (χ3n) is 3.35. The molecule has 0 aliphatic carbocycles. The maximum Gasteiger partial charge on any atom is 0.416 e. The van der Waals surface area contributed by atoms with E-state index in [4.69, 9.17) is 5.41 Å². The fraction of sp³-hybridized carbons (Fsp3) is 0.429. The summed E-state index contributed by atoms with van der Waals surface area (Å²) >= 11 is 0. The first kappa shape index (κ1) is 14.7. The molecular weight excluding hydrogens is 267 g/mol. The van der Waals surface area contributed by atoms with E-state index in [0.717, 1.165) is 37.4 Å². The van der Waals surface area contributed by atoms with Gasteiger partial charge >= 0.3 is 6.18 Å². The summed E-state index contributed by atoms with van der Waals surface area (Å²) < 4.78 is 37.4. The van der Waals surface area contributed by atoms with Gasteiger partial charge in [0.25, 0.3) is 0 Å². The molecule has 1 unspecified atom stereocenters. The van der Waals surface area contributed by atoms with Crippen molar-refractivity contribution < 1.29 is 13.2 Å². The molecule has 108 valence electrons. The minimum atomic E-state index is -4.32. The molecule has 1 heterocycles. The van der Waals surface area contributed by atoms with Crippen LogP contribution in [0.25, 0.3) is 0 Å². The van der Waals surface area contributed by atoms with Crippen molar-refractivity contribution in [3.05, 3.63) is 29.8 Å². The van der Waals surface area contributed by atoms with Crippen LogP contribution in [0.4, 0.5) is 18.9 Å². The average molecular weight is 283 g/mol. The molecule has 0 aromatic heterocycles. The Balaban J connectivity index is 2.19. The van der Waals surface area contributed by atoms with Gasteiger partial charge in [0, 0.05) is 30.9 Å². The summed E-state index contributed by atoms with van der Waals surface area (Å²) in [6.07, 6.45) is -2.24. The van der Waals surface area contributed by atoms with E-state index in [1.54, 1.807) is 0 Å². The number of hydrogen-bond donors (Lipinski definition) is 1. The maximum absolute atomic E-state index is 12.5. The lowest BCUT2D eigenvalue weighted by molar-refractivity contribution is -0.137. The molecule has 0 radical (unpaired) electrons. The van der Waals surface area contributed by atoms with Gasteiger partial charge in [-0.05, 0) is 37.7 Å². The van der Waals surface area contributed by atoms with E-state index in [-0.39, 0.29) is 5.92 Å². The maximum atomic E-state index is 12.5. The van der Waals surface area contributed by atoms with E-state index in [0.29, 0.717) is 5.69 Å². The van der Waals surface area contributed by atoms with Gasteiger partial charge in [-0.15, -0.1) is 0 Å². The molecule has 1 aliphatic rings. The minimum Gasteiger partial charge on any atom is -0.312 e. The fourth-order valence-electron chi connectivity index (χ4n) is 2.20. The number of nitrogens with zero attached hydrogens (tertiary/aromatic N) is 2. The van der Waals surface area contributed by atoms with Crippen LogP contribution in [-0.2, 0) is 6.18 Å². The second kappa shape index (κ2) is 5.75. The van der Waals surface area contributed by atoms with Gasteiger partial charge in [0.1, 0.15) is 0 Å². The van der Waals surface area contributed by atoms with Crippen molar-refractivity contribution in [1.82, 2.24) is 4.90 Å². The number of halogens is 3. The molecule has 0 spiro atoms. The van der Waals surface area contributed by atoms with Gasteiger partial charge in [0.2, 0.25) is 0 Å². The van der Waals surface area contributed by atoms with Crippen LogP contribution in [0.2, 0.25) is 0 Å². The normalized spacial score (nSPS) is 23.0. The lowest BCUT2D eigenvalue weighted by Gasteiger charge is -2.28. The third kappa shape index (κ3) is 3.45. The van der Waals surface area contributed by atoms with Crippen LogP contribution < -0.4 is 0 Å². The number of alkyl halides is 3. The van der Waals surface area contributed by atoms with Crippen molar-refractivity contribution >= 4 is 17.6 Å². The van der Waals surface area contributed by atoms with Crippen LogP contribution in [-0.4, -0.2) is 37.0 Å². The molecule has 1 aliphatic heterocycles. The topological polar surface area (TPSA) is 39.5 Å². The summed E-state index contributed by atoms with van der Waals surface area (Å²) in [6.45, 7) is 1.58. The second-order valence-electron chi connectivity index (χ2n) is 4.93. The van der Waals surface area contributed by atoms with Crippen LogP contribution in [0.3, 0.4) is 0 Å². The quantitative estimate of drug-likeness (QED) is 0.830. The van der Waals surface area contributed by atoms with Crippen LogP contribution >= 0.6 is 0 Å². The largest absolute Gasteiger partial charge is 0.416 e. The molecule has 1 aromatic rings. The molecule has 1 aromatic carbocycles. The van der Waals surface area contributed by atoms with Gasteiger partial charge in [0.15, 0.2) is 0 Å². The van der Waals surface area contributed by atoms with Crippen molar-refractivity contribution in [2.24, 2.45) is 10.9 Å². The Bertz CT molecular complexity index is 505. The smallest absolute Gasteiger partial charge is 0.312 e. The Labute approximate surface area is 115 Å². The molecule has 3 nitrogen and oxygen atoms in total. The third-order valence-corrected chi connectivity index (χ3v) is 3.35. The number of hydrogen-bond acceptors (Lipinski definition) is 3. The van der Waals surface area contributed by atoms with E-state index < -0.39 is 11.7 Å². The molecule has 0 bridgehead atoms. The molecule has 1 fully saturated rings. The number of benzene rings is 1.